The van der Waals surface area contributed by atoms with Gasteiger partial charge in [-0.2, -0.15) is 15.4 Å². The first-order valence-electron chi connectivity index (χ1n) is 7.54. The molecule has 4 rings (SSSR count). The normalized spacial score (nSPS) is 15.3. The van der Waals surface area contributed by atoms with E-state index in [0.29, 0.717) is 16.6 Å². The predicted molar refractivity (Wildman–Crippen MR) is 87.2 cm³/mol. The molecule has 1 saturated heterocycles. The average molecular weight is 360 g/mol. The number of benzene rings is 2. The lowest BCUT2D eigenvalue weighted by atomic mass is 10.1. The number of rotatable bonds is 3. The third-order valence-corrected chi connectivity index (χ3v) is 6.38. The third-order valence-electron chi connectivity index (χ3n) is 4.28. The number of hydrogen-bond donors (Lipinski definition) is 1. The molecule has 1 aliphatic heterocycles. The van der Waals surface area contributed by atoms with Gasteiger partial charge < -0.3 is 4.90 Å². The molecular weight excluding hydrogens is 347 g/mol. The monoisotopic (exact) mass is 360 g/mol. The van der Waals surface area contributed by atoms with Crippen LogP contribution in [0.3, 0.4) is 0 Å². The van der Waals surface area contributed by atoms with Gasteiger partial charge in [0.25, 0.3) is 5.91 Å². The fourth-order valence-electron chi connectivity index (χ4n) is 2.77. The van der Waals surface area contributed by atoms with Gasteiger partial charge in [-0.25, -0.2) is 12.8 Å². The number of nitrogens with one attached hydrogen (secondary N) is 1. The summed E-state index contributed by atoms with van der Waals surface area (Å²) >= 11 is 0. The summed E-state index contributed by atoms with van der Waals surface area (Å²) in [5.74, 6) is -0.747. The van der Waals surface area contributed by atoms with Gasteiger partial charge in [0.05, 0.1) is 4.90 Å². The minimum Gasteiger partial charge on any atom is -0.336 e. The maximum Gasteiger partial charge on any atom is 0.254 e. The van der Waals surface area contributed by atoms with Gasteiger partial charge in [0.2, 0.25) is 0 Å². The van der Waals surface area contributed by atoms with Crippen molar-refractivity contribution in [3.8, 4) is 0 Å². The molecule has 1 N–H and O–H groups in total. The Bertz CT molecular complexity index is 1060. The highest BCUT2D eigenvalue weighted by Crippen LogP contribution is 2.25. The van der Waals surface area contributed by atoms with E-state index in [-0.39, 0.29) is 23.9 Å². The predicted octanol–water partition coefficient (Wildman–Crippen LogP) is 1.40. The molecule has 1 fully saturated rings. The second-order valence-electron chi connectivity index (χ2n) is 5.86. The van der Waals surface area contributed by atoms with Crippen molar-refractivity contribution in [2.24, 2.45) is 0 Å². The number of H-pyrrole nitrogens is 1. The smallest absolute Gasteiger partial charge is 0.254 e. The Hall–Kier alpha value is -2.81. The lowest BCUT2D eigenvalue weighted by Crippen LogP contribution is -2.56. The maximum atomic E-state index is 13.0. The van der Waals surface area contributed by atoms with Gasteiger partial charge in [0.1, 0.15) is 22.1 Å². The number of aromatic nitrogens is 3. The Balaban J connectivity index is 1.49. The number of aromatic amines is 1. The van der Waals surface area contributed by atoms with Crippen LogP contribution in [0, 0.1) is 5.82 Å². The first kappa shape index (κ1) is 15.7. The molecule has 0 unspecified atom stereocenters. The van der Waals surface area contributed by atoms with Crippen molar-refractivity contribution in [3.63, 3.8) is 0 Å². The number of nitrogens with zero attached hydrogens (tertiary/aromatic N) is 3. The van der Waals surface area contributed by atoms with Crippen LogP contribution in [0.4, 0.5) is 4.39 Å². The second-order valence-corrected chi connectivity index (χ2v) is 8.09. The average Bonchev–Trinajstić information content (AvgIpc) is 3.01. The molecule has 1 aliphatic rings. The van der Waals surface area contributed by atoms with E-state index >= 15 is 0 Å². The zero-order valence-corrected chi connectivity index (χ0v) is 13.7. The summed E-state index contributed by atoms with van der Waals surface area (Å²) in [6, 6.07) is 9.64. The summed E-state index contributed by atoms with van der Waals surface area (Å²) in [7, 11) is -3.58. The highest BCUT2D eigenvalue weighted by Gasteiger charge is 2.40. The van der Waals surface area contributed by atoms with E-state index < -0.39 is 20.9 Å². The number of fused-ring (bicyclic) bond motifs is 1. The molecule has 0 bridgehead atoms. The molecule has 128 valence electrons. The molecule has 0 aliphatic carbocycles. The van der Waals surface area contributed by atoms with Gasteiger partial charge in [-0.15, -0.1) is 0 Å². The molecule has 2 heterocycles. The van der Waals surface area contributed by atoms with Crippen molar-refractivity contribution in [2.75, 3.05) is 13.1 Å². The second kappa shape index (κ2) is 5.62. The molecule has 2 aromatic carbocycles. The van der Waals surface area contributed by atoms with Crippen LogP contribution in [0.2, 0.25) is 0 Å². The quantitative estimate of drug-likeness (QED) is 0.712. The highest BCUT2D eigenvalue weighted by molar-refractivity contribution is 7.92. The lowest BCUT2D eigenvalue weighted by Gasteiger charge is -2.38. The van der Waals surface area contributed by atoms with Crippen molar-refractivity contribution in [2.45, 2.75) is 10.1 Å². The summed E-state index contributed by atoms with van der Waals surface area (Å²) in [4.78, 5) is 14.0. The maximum absolute atomic E-state index is 13.0. The largest absolute Gasteiger partial charge is 0.336 e. The molecule has 0 atom stereocenters. The molecular formula is C16H13FN4O3S. The van der Waals surface area contributed by atoms with E-state index in [0.717, 1.165) is 12.1 Å². The first-order chi connectivity index (χ1) is 11.9. The van der Waals surface area contributed by atoms with Crippen molar-refractivity contribution in [1.82, 2.24) is 20.3 Å². The van der Waals surface area contributed by atoms with Crippen LogP contribution >= 0.6 is 0 Å². The zero-order valence-electron chi connectivity index (χ0n) is 12.9. The van der Waals surface area contributed by atoms with Gasteiger partial charge in [0, 0.05) is 18.7 Å². The van der Waals surface area contributed by atoms with Gasteiger partial charge in [-0.3, -0.25) is 4.79 Å². The first-order valence-corrected chi connectivity index (χ1v) is 9.09. The van der Waals surface area contributed by atoms with Crippen LogP contribution in [0.25, 0.3) is 11.0 Å². The van der Waals surface area contributed by atoms with Crippen molar-refractivity contribution < 1.29 is 17.6 Å². The van der Waals surface area contributed by atoms with Crippen LogP contribution in [0.1, 0.15) is 10.4 Å². The Morgan fingerprint density at radius 1 is 1.08 bits per heavy atom. The minimum absolute atomic E-state index is 0.0648. The van der Waals surface area contributed by atoms with E-state index in [4.69, 9.17) is 0 Å². The number of halogens is 1. The van der Waals surface area contributed by atoms with Gasteiger partial charge in [0.15, 0.2) is 9.84 Å². The number of carbonyl (C=O) groups excluding carboxylic acids is 1. The van der Waals surface area contributed by atoms with E-state index in [1.54, 1.807) is 18.2 Å². The fourth-order valence-corrected chi connectivity index (χ4v) is 4.43. The highest BCUT2D eigenvalue weighted by atomic mass is 32.2. The SMILES string of the molecule is O=C(c1ccc2n[nH]nc2c1)N1CC(S(=O)(=O)c2ccc(F)cc2)C1. The topological polar surface area (TPSA) is 96.0 Å². The van der Waals surface area contributed by atoms with Crippen LogP contribution in [-0.4, -0.2) is 53.0 Å². The lowest BCUT2D eigenvalue weighted by molar-refractivity contribution is 0.0659. The van der Waals surface area contributed by atoms with Crippen LogP contribution in [0.5, 0.6) is 0 Å². The van der Waals surface area contributed by atoms with E-state index in [2.05, 4.69) is 15.4 Å². The van der Waals surface area contributed by atoms with E-state index in [9.17, 15) is 17.6 Å². The summed E-state index contributed by atoms with van der Waals surface area (Å²) in [5, 5.41) is 9.64. The van der Waals surface area contributed by atoms with Crippen LogP contribution in [0.15, 0.2) is 47.4 Å². The summed E-state index contributed by atoms with van der Waals surface area (Å²) in [6.07, 6.45) is 0. The van der Waals surface area contributed by atoms with Crippen molar-refractivity contribution in [1.29, 1.82) is 0 Å². The number of likely N-dealkylation sites (tertiary alicyclic amines) is 1. The molecule has 9 heteroatoms. The number of carbonyl (C=O) groups is 1. The molecule has 1 amide bonds. The van der Waals surface area contributed by atoms with E-state index in [1.165, 1.54) is 17.0 Å². The number of hydrogen-bond acceptors (Lipinski definition) is 5. The minimum atomic E-state index is -3.58. The molecule has 3 aromatic rings. The number of amides is 1. The van der Waals surface area contributed by atoms with Crippen molar-refractivity contribution in [3.05, 3.63) is 53.8 Å². The fraction of sp³-hybridized carbons (Fsp3) is 0.188. The zero-order chi connectivity index (χ0) is 17.6. The third kappa shape index (κ3) is 2.66. The summed E-state index contributed by atoms with van der Waals surface area (Å²) in [6.45, 7) is 0.213. The van der Waals surface area contributed by atoms with Gasteiger partial charge in [-0.1, -0.05) is 0 Å². The standard InChI is InChI=1S/C16H13FN4O3S/c17-11-2-4-12(5-3-11)25(23,24)13-8-21(9-13)16(22)10-1-6-14-15(7-10)19-20-18-14/h1-7,13H,8-9H2,(H,18,19,20). The van der Waals surface area contributed by atoms with Gasteiger partial charge >= 0.3 is 0 Å². The molecule has 1 aromatic heterocycles. The molecule has 25 heavy (non-hydrogen) atoms. The summed E-state index contributed by atoms with van der Waals surface area (Å²) < 4.78 is 37.9. The Labute approximate surface area is 142 Å². The van der Waals surface area contributed by atoms with E-state index in [1.807, 2.05) is 0 Å². The van der Waals surface area contributed by atoms with Crippen molar-refractivity contribution >= 4 is 26.8 Å². The molecule has 0 radical (unpaired) electrons. The summed E-state index contributed by atoms with van der Waals surface area (Å²) in [5.41, 5.74) is 1.65. The molecule has 7 nitrogen and oxygen atoms in total. The van der Waals surface area contributed by atoms with Crippen LogP contribution in [-0.2, 0) is 9.84 Å². The van der Waals surface area contributed by atoms with Crippen LogP contribution < -0.4 is 0 Å². The number of sulfone groups is 1. The molecule has 0 saturated carbocycles. The molecule has 0 spiro atoms. The Kier molecular flexibility index (Phi) is 3.53. The van der Waals surface area contributed by atoms with Gasteiger partial charge in [-0.05, 0) is 42.5 Å². The Morgan fingerprint density at radius 2 is 1.76 bits per heavy atom. The Morgan fingerprint density at radius 3 is 2.48 bits per heavy atom.